The Bertz CT molecular complexity index is 998. The summed E-state index contributed by atoms with van der Waals surface area (Å²) in [6.07, 6.45) is 1.96. The minimum atomic E-state index is -0.502. The highest BCUT2D eigenvalue weighted by atomic mass is 16.3. The van der Waals surface area contributed by atoms with Crippen LogP contribution in [-0.2, 0) is 4.79 Å². The first-order chi connectivity index (χ1) is 13.1. The number of ketones is 1. The van der Waals surface area contributed by atoms with Crippen LogP contribution in [0, 0.1) is 11.3 Å². The molecule has 0 saturated carbocycles. The Balaban J connectivity index is 1.96. The Kier molecular flexibility index (Phi) is 4.17. The molecule has 2 aromatic rings. The Morgan fingerprint density at radius 1 is 1.07 bits per heavy atom. The standard InChI is InChI=1S/C22H19N3O2/c23-13-17-20(14-9-11-16(26)12-10-14)21-18(7-4-8-19(21)27)25(22(17)24)15-5-2-1-3-6-15/h1-3,5-6,9-12,20,26H,4,7-8,24H2/t20-/m0/s1. The van der Waals surface area contributed by atoms with Gasteiger partial charge in [0.25, 0.3) is 0 Å². The van der Waals surface area contributed by atoms with Gasteiger partial charge < -0.3 is 10.8 Å². The Hall–Kier alpha value is -3.52. The van der Waals surface area contributed by atoms with Crippen LogP contribution in [-0.4, -0.2) is 10.9 Å². The number of carbonyl (C=O) groups is 1. The average molecular weight is 357 g/mol. The van der Waals surface area contributed by atoms with Crippen LogP contribution < -0.4 is 10.6 Å². The van der Waals surface area contributed by atoms with Crippen molar-refractivity contribution in [3.05, 3.63) is 82.8 Å². The molecule has 2 aliphatic rings. The van der Waals surface area contributed by atoms with Crippen LogP contribution in [0.3, 0.4) is 0 Å². The van der Waals surface area contributed by atoms with E-state index in [1.54, 1.807) is 24.3 Å². The number of allylic oxidation sites excluding steroid dienone is 3. The first kappa shape index (κ1) is 16.9. The summed E-state index contributed by atoms with van der Waals surface area (Å²) in [7, 11) is 0. The van der Waals surface area contributed by atoms with E-state index in [2.05, 4.69) is 6.07 Å². The van der Waals surface area contributed by atoms with Crippen molar-refractivity contribution >= 4 is 11.5 Å². The smallest absolute Gasteiger partial charge is 0.161 e. The van der Waals surface area contributed by atoms with E-state index >= 15 is 0 Å². The molecule has 1 heterocycles. The fourth-order valence-corrected chi connectivity index (χ4v) is 3.96. The maximum atomic E-state index is 12.9. The molecule has 3 N–H and O–H groups in total. The van der Waals surface area contributed by atoms with Crippen molar-refractivity contribution in [2.75, 3.05) is 4.90 Å². The summed E-state index contributed by atoms with van der Waals surface area (Å²) in [6, 6.07) is 18.4. The van der Waals surface area contributed by atoms with E-state index in [0.29, 0.717) is 23.4 Å². The van der Waals surface area contributed by atoms with E-state index in [1.165, 1.54) is 0 Å². The second-order valence-corrected chi connectivity index (χ2v) is 6.74. The van der Waals surface area contributed by atoms with E-state index in [9.17, 15) is 15.2 Å². The molecule has 5 heteroatoms. The lowest BCUT2D eigenvalue weighted by atomic mass is 9.75. The zero-order valence-electron chi connectivity index (χ0n) is 14.7. The summed E-state index contributed by atoms with van der Waals surface area (Å²) < 4.78 is 0. The first-order valence-electron chi connectivity index (χ1n) is 8.92. The van der Waals surface area contributed by atoms with E-state index in [4.69, 9.17) is 5.73 Å². The number of hydrogen-bond acceptors (Lipinski definition) is 5. The van der Waals surface area contributed by atoms with Gasteiger partial charge >= 0.3 is 0 Å². The number of phenols is 1. The third kappa shape index (κ3) is 2.76. The van der Waals surface area contributed by atoms with Crippen molar-refractivity contribution in [3.63, 3.8) is 0 Å². The fraction of sp³-hybridized carbons (Fsp3) is 0.182. The van der Waals surface area contributed by atoms with Crippen molar-refractivity contribution in [2.24, 2.45) is 5.73 Å². The van der Waals surface area contributed by atoms with Gasteiger partial charge in [0.05, 0.1) is 17.6 Å². The molecule has 0 unspecified atom stereocenters. The minimum Gasteiger partial charge on any atom is -0.508 e. The van der Waals surface area contributed by atoms with Gasteiger partial charge in [-0.05, 0) is 42.7 Å². The molecule has 2 aromatic carbocycles. The van der Waals surface area contributed by atoms with Crippen LogP contribution in [0.5, 0.6) is 5.75 Å². The van der Waals surface area contributed by atoms with Crippen LogP contribution in [0.4, 0.5) is 5.69 Å². The van der Waals surface area contributed by atoms with Gasteiger partial charge in [-0.15, -0.1) is 0 Å². The predicted octanol–water partition coefficient (Wildman–Crippen LogP) is 3.70. The highest BCUT2D eigenvalue weighted by molar-refractivity contribution is 6.01. The third-order valence-electron chi connectivity index (χ3n) is 5.15. The number of nitriles is 1. The molecule has 0 radical (unpaired) electrons. The lowest BCUT2D eigenvalue weighted by Gasteiger charge is -2.39. The fourth-order valence-electron chi connectivity index (χ4n) is 3.96. The van der Waals surface area contributed by atoms with Crippen molar-refractivity contribution < 1.29 is 9.90 Å². The van der Waals surface area contributed by atoms with Gasteiger partial charge in [-0.1, -0.05) is 30.3 Å². The zero-order valence-corrected chi connectivity index (χ0v) is 14.7. The van der Waals surface area contributed by atoms with Crippen LogP contribution in [0.1, 0.15) is 30.7 Å². The first-order valence-corrected chi connectivity index (χ1v) is 8.92. The molecule has 0 aromatic heterocycles. The molecule has 134 valence electrons. The normalized spacial score (nSPS) is 19.7. The number of rotatable bonds is 2. The number of anilines is 1. The van der Waals surface area contributed by atoms with Crippen LogP contribution in [0.15, 0.2) is 77.3 Å². The summed E-state index contributed by atoms with van der Waals surface area (Å²) in [5.41, 5.74) is 9.95. The van der Waals surface area contributed by atoms with Crippen LogP contribution in [0.2, 0.25) is 0 Å². The van der Waals surface area contributed by atoms with E-state index in [0.717, 1.165) is 29.8 Å². The maximum absolute atomic E-state index is 12.9. The second-order valence-electron chi connectivity index (χ2n) is 6.74. The number of para-hydroxylation sites is 1. The lowest BCUT2D eigenvalue weighted by Crippen LogP contribution is -2.38. The molecule has 0 fully saturated rings. The van der Waals surface area contributed by atoms with Crippen molar-refractivity contribution in [3.8, 4) is 11.8 Å². The van der Waals surface area contributed by atoms with Gasteiger partial charge in [-0.3, -0.25) is 9.69 Å². The van der Waals surface area contributed by atoms with Crippen molar-refractivity contribution in [2.45, 2.75) is 25.2 Å². The van der Waals surface area contributed by atoms with Gasteiger partial charge in [-0.25, -0.2) is 0 Å². The Morgan fingerprint density at radius 3 is 2.44 bits per heavy atom. The van der Waals surface area contributed by atoms with E-state index in [1.807, 2.05) is 35.2 Å². The number of carbonyl (C=O) groups excluding carboxylic acids is 1. The van der Waals surface area contributed by atoms with Crippen molar-refractivity contribution in [1.29, 1.82) is 5.26 Å². The number of nitrogens with two attached hydrogens (primary N) is 1. The van der Waals surface area contributed by atoms with E-state index < -0.39 is 5.92 Å². The van der Waals surface area contributed by atoms with Crippen LogP contribution in [0.25, 0.3) is 0 Å². The highest BCUT2D eigenvalue weighted by Gasteiger charge is 2.40. The third-order valence-corrected chi connectivity index (χ3v) is 5.15. The highest BCUT2D eigenvalue weighted by Crippen LogP contribution is 2.46. The summed E-state index contributed by atoms with van der Waals surface area (Å²) >= 11 is 0. The molecular formula is C22H19N3O2. The number of benzene rings is 2. The molecule has 1 aliphatic heterocycles. The second kappa shape index (κ2) is 6.65. The van der Waals surface area contributed by atoms with Crippen molar-refractivity contribution in [1.82, 2.24) is 0 Å². The number of phenolic OH excluding ortho intramolecular Hbond substituents is 1. The molecule has 0 spiro atoms. The molecule has 0 saturated heterocycles. The number of aromatic hydroxyl groups is 1. The maximum Gasteiger partial charge on any atom is 0.161 e. The molecule has 0 amide bonds. The molecule has 27 heavy (non-hydrogen) atoms. The monoisotopic (exact) mass is 357 g/mol. The van der Waals surface area contributed by atoms with E-state index in [-0.39, 0.29) is 11.5 Å². The minimum absolute atomic E-state index is 0.0514. The number of hydrogen-bond donors (Lipinski definition) is 2. The van der Waals surface area contributed by atoms with Gasteiger partial charge in [0, 0.05) is 23.4 Å². The van der Waals surface area contributed by atoms with Crippen LogP contribution >= 0.6 is 0 Å². The number of nitrogens with zero attached hydrogens (tertiary/aromatic N) is 2. The average Bonchev–Trinajstić information content (AvgIpc) is 2.69. The van der Waals surface area contributed by atoms with Gasteiger partial charge in [-0.2, -0.15) is 5.26 Å². The molecule has 1 aliphatic carbocycles. The van der Waals surface area contributed by atoms with Gasteiger partial charge in [0.15, 0.2) is 5.78 Å². The summed E-state index contributed by atoms with van der Waals surface area (Å²) in [4.78, 5) is 14.8. The molecule has 5 nitrogen and oxygen atoms in total. The van der Waals surface area contributed by atoms with Gasteiger partial charge in [0.1, 0.15) is 11.6 Å². The summed E-state index contributed by atoms with van der Waals surface area (Å²) in [5, 5.41) is 19.5. The molecule has 1 atom stereocenters. The summed E-state index contributed by atoms with van der Waals surface area (Å²) in [5.74, 6) is 0.0456. The number of Topliss-reactive ketones (excluding diaryl/α,β-unsaturated/α-hetero) is 1. The largest absolute Gasteiger partial charge is 0.508 e. The molecule has 4 rings (SSSR count). The Morgan fingerprint density at radius 2 is 1.78 bits per heavy atom. The SMILES string of the molecule is N#CC1=C(N)N(c2ccccc2)C2=C(C(=O)CCC2)[C@H]1c1ccc(O)cc1. The van der Waals surface area contributed by atoms with Gasteiger partial charge in [0.2, 0.25) is 0 Å². The molecule has 0 bridgehead atoms. The quantitative estimate of drug-likeness (QED) is 0.855. The zero-order chi connectivity index (χ0) is 19.0. The predicted molar refractivity (Wildman–Crippen MR) is 102 cm³/mol. The Labute approximate surface area is 157 Å². The summed E-state index contributed by atoms with van der Waals surface area (Å²) in [6.45, 7) is 0. The lowest BCUT2D eigenvalue weighted by molar-refractivity contribution is -0.116. The topological polar surface area (TPSA) is 90.4 Å². The molecular weight excluding hydrogens is 338 g/mol.